The zero-order valence-corrected chi connectivity index (χ0v) is 11.6. The summed E-state index contributed by atoms with van der Waals surface area (Å²) in [5.41, 5.74) is 8.10. The van der Waals surface area contributed by atoms with Gasteiger partial charge in [-0.15, -0.1) is 11.8 Å². The Labute approximate surface area is 109 Å². The van der Waals surface area contributed by atoms with Crippen molar-refractivity contribution in [2.45, 2.75) is 31.6 Å². The number of nitrogens with zero attached hydrogens (tertiary/aromatic N) is 1. The van der Waals surface area contributed by atoms with Gasteiger partial charge in [-0.3, -0.25) is 0 Å². The first-order valence-corrected chi connectivity index (χ1v) is 7.42. The van der Waals surface area contributed by atoms with Gasteiger partial charge in [-0.25, -0.2) is 0 Å². The molecular formula is C14H22N2S. The van der Waals surface area contributed by atoms with Crippen molar-refractivity contribution in [1.29, 1.82) is 0 Å². The summed E-state index contributed by atoms with van der Waals surface area (Å²) < 4.78 is 0. The molecule has 2 N–H and O–H groups in total. The van der Waals surface area contributed by atoms with Gasteiger partial charge in [0, 0.05) is 29.4 Å². The summed E-state index contributed by atoms with van der Waals surface area (Å²) in [4.78, 5) is 3.87. The van der Waals surface area contributed by atoms with Crippen LogP contribution in [0.2, 0.25) is 0 Å². The third-order valence-electron chi connectivity index (χ3n) is 3.15. The SMILES string of the molecule is CC(C)CCCN1CCSc2ccc(N)cc21. The van der Waals surface area contributed by atoms with E-state index in [1.54, 1.807) is 0 Å². The first kappa shape index (κ1) is 12.6. The van der Waals surface area contributed by atoms with Crippen LogP contribution < -0.4 is 10.6 Å². The molecule has 2 nitrogen and oxygen atoms in total. The smallest absolute Gasteiger partial charge is 0.0525 e. The van der Waals surface area contributed by atoms with Crippen molar-refractivity contribution in [3.63, 3.8) is 0 Å². The van der Waals surface area contributed by atoms with Crippen molar-refractivity contribution in [2.24, 2.45) is 5.92 Å². The third kappa shape index (κ3) is 3.32. The molecule has 17 heavy (non-hydrogen) atoms. The molecule has 1 aliphatic rings. The van der Waals surface area contributed by atoms with Gasteiger partial charge in [0.2, 0.25) is 0 Å². The number of thioether (sulfide) groups is 1. The highest BCUT2D eigenvalue weighted by molar-refractivity contribution is 7.99. The summed E-state index contributed by atoms with van der Waals surface area (Å²) in [5.74, 6) is 1.99. The van der Waals surface area contributed by atoms with E-state index in [-0.39, 0.29) is 0 Å². The number of fused-ring (bicyclic) bond motifs is 1. The molecule has 0 aromatic heterocycles. The number of benzene rings is 1. The standard InChI is InChI=1S/C14H22N2S/c1-11(2)4-3-7-16-8-9-17-14-6-5-12(15)10-13(14)16/h5-6,10-11H,3-4,7-9,15H2,1-2H3. The number of nitrogen functional groups attached to an aromatic ring is 1. The molecule has 0 saturated carbocycles. The normalized spacial score (nSPS) is 15.1. The van der Waals surface area contributed by atoms with Crippen LogP contribution in [0, 0.1) is 5.92 Å². The molecule has 0 aliphatic carbocycles. The molecule has 1 aromatic rings. The summed E-state index contributed by atoms with van der Waals surface area (Å²) in [7, 11) is 0. The van der Waals surface area contributed by atoms with Gasteiger partial charge in [-0.1, -0.05) is 13.8 Å². The first-order chi connectivity index (χ1) is 8.16. The Morgan fingerprint density at radius 3 is 3.00 bits per heavy atom. The lowest BCUT2D eigenvalue weighted by Crippen LogP contribution is -2.30. The lowest BCUT2D eigenvalue weighted by Gasteiger charge is -2.31. The van der Waals surface area contributed by atoms with Gasteiger partial charge < -0.3 is 10.6 Å². The van der Waals surface area contributed by atoms with Crippen molar-refractivity contribution in [3.05, 3.63) is 18.2 Å². The molecule has 0 amide bonds. The van der Waals surface area contributed by atoms with E-state index in [9.17, 15) is 0 Å². The maximum Gasteiger partial charge on any atom is 0.0525 e. The zero-order chi connectivity index (χ0) is 12.3. The summed E-state index contributed by atoms with van der Waals surface area (Å²) >= 11 is 1.94. The molecule has 0 atom stereocenters. The lowest BCUT2D eigenvalue weighted by atomic mass is 10.1. The summed E-state index contributed by atoms with van der Waals surface area (Å²) in [6, 6.07) is 6.28. The molecule has 0 spiro atoms. The van der Waals surface area contributed by atoms with Crippen molar-refractivity contribution in [3.8, 4) is 0 Å². The number of nitrogens with two attached hydrogens (primary N) is 1. The predicted octanol–water partition coefficient (Wildman–Crippen LogP) is 3.62. The fourth-order valence-corrected chi connectivity index (χ4v) is 3.24. The summed E-state index contributed by atoms with van der Waals surface area (Å²) in [6.45, 7) is 6.89. The van der Waals surface area contributed by atoms with Crippen LogP contribution in [0.5, 0.6) is 0 Å². The van der Waals surface area contributed by atoms with E-state index >= 15 is 0 Å². The minimum Gasteiger partial charge on any atom is -0.399 e. The van der Waals surface area contributed by atoms with Crippen LogP contribution >= 0.6 is 11.8 Å². The highest BCUT2D eigenvalue weighted by Crippen LogP contribution is 2.36. The molecule has 2 rings (SSSR count). The molecule has 1 heterocycles. The largest absolute Gasteiger partial charge is 0.399 e. The zero-order valence-electron chi connectivity index (χ0n) is 10.8. The molecule has 1 aromatic carbocycles. The molecule has 0 bridgehead atoms. The van der Waals surface area contributed by atoms with Crippen LogP contribution in [0.3, 0.4) is 0 Å². The average molecular weight is 250 g/mol. The monoisotopic (exact) mass is 250 g/mol. The second kappa shape index (κ2) is 5.67. The van der Waals surface area contributed by atoms with Crippen molar-refractivity contribution in [1.82, 2.24) is 0 Å². The Bertz CT molecular complexity index is 376. The third-order valence-corrected chi connectivity index (χ3v) is 4.19. The van der Waals surface area contributed by atoms with E-state index < -0.39 is 0 Å². The quantitative estimate of drug-likeness (QED) is 0.828. The number of hydrogen-bond acceptors (Lipinski definition) is 3. The van der Waals surface area contributed by atoms with Gasteiger partial charge in [0.25, 0.3) is 0 Å². The van der Waals surface area contributed by atoms with Crippen LogP contribution in [0.4, 0.5) is 11.4 Å². The number of anilines is 2. The van der Waals surface area contributed by atoms with Crippen LogP contribution in [0.1, 0.15) is 26.7 Å². The van der Waals surface area contributed by atoms with E-state index in [0.29, 0.717) is 0 Å². The highest BCUT2D eigenvalue weighted by atomic mass is 32.2. The summed E-state index contributed by atoms with van der Waals surface area (Å²) in [5, 5.41) is 0. The highest BCUT2D eigenvalue weighted by Gasteiger charge is 2.16. The van der Waals surface area contributed by atoms with Crippen molar-refractivity contribution >= 4 is 23.1 Å². The van der Waals surface area contributed by atoms with Gasteiger partial charge in [-0.2, -0.15) is 0 Å². The van der Waals surface area contributed by atoms with Gasteiger partial charge in [-0.05, 0) is 37.0 Å². The molecule has 0 fully saturated rings. The van der Waals surface area contributed by atoms with Gasteiger partial charge in [0.15, 0.2) is 0 Å². The van der Waals surface area contributed by atoms with E-state index in [4.69, 9.17) is 5.73 Å². The van der Waals surface area contributed by atoms with E-state index in [2.05, 4.69) is 30.9 Å². The molecule has 0 unspecified atom stereocenters. The maximum atomic E-state index is 5.89. The lowest BCUT2D eigenvalue weighted by molar-refractivity contribution is 0.550. The molecule has 0 saturated heterocycles. The Kier molecular flexibility index (Phi) is 4.21. The second-order valence-corrected chi connectivity index (χ2v) is 6.24. The van der Waals surface area contributed by atoms with Crippen LogP contribution in [0.25, 0.3) is 0 Å². The number of hydrogen-bond donors (Lipinski definition) is 1. The molecule has 1 aliphatic heterocycles. The van der Waals surface area contributed by atoms with Gasteiger partial charge >= 0.3 is 0 Å². The fourth-order valence-electron chi connectivity index (χ4n) is 2.21. The summed E-state index contributed by atoms with van der Waals surface area (Å²) in [6.07, 6.45) is 2.58. The van der Waals surface area contributed by atoms with Crippen molar-refractivity contribution < 1.29 is 0 Å². The molecule has 94 valence electrons. The Morgan fingerprint density at radius 1 is 1.41 bits per heavy atom. The van der Waals surface area contributed by atoms with Gasteiger partial charge in [0.1, 0.15) is 0 Å². The molecular weight excluding hydrogens is 228 g/mol. The average Bonchev–Trinajstić information content (AvgIpc) is 2.29. The minimum absolute atomic E-state index is 0.800. The molecule has 3 heteroatoms. The van der Waals surface area contributed by atoms with E-state index in [0.717, 1.165) is 24.7 Å². The Morgan fingerprint density at radius 2 is 2.24 bits per heavy atom. The van der Waals surface area contributed by atoms with E-state index in [1.165, 1.54) is 29.2 Å². The fraction of sp³-hybridized carbons (Fsp3) is 0.571. The predicted molar refractivity (Wildman–Crippen MR) is 77.9 cm³/mol. The first-order valence-electron chi connectivity index (χ1n) is 6.44. The maximum absolute atomic E-state index is 5.89. The Hall–Kier alpha value is -0.830. The van der Waals surface area contributed by atoms with Crippen LogP contribution in [-0.2, 0) is 0 Å². The second-order valence-electron chi connectivity index (χ2n) is 5.10. The van der Waals surface area contributed by atoms with Gasteiger partial charge in [0.05, 0.1) is 5.69 Å². The molecule has 0 radical (unpaired) electrons. The van der Waals surface area contributed by atoms with Crippen LogP contribution in [0.15, 0.2) is 23.1 Å². The topological polar surface area (TPSA) is 29.3 Å². The number of rotatable bonds is 4. The van der Waals surface area contributed by atoms with Crippen molar-refractivity contribution in [2.75, 3.05) is 29.5 Å². The van der Waals surface area contributed by atoms with Crippen LogP contribution in [-0.4, -0.2) is 18.8 Å². The van der Waals surface area contributed by atoms with E-state index in [1.807, 2.05) is 17.8 Å². The minimum atomic E-state index is 0.800. The Balaban J connectivity index is 2.03.